The smallest absolute Gasteiger partial charge is 0.222 e. The molecule has 0 unspecified atom stereocenters. The van der Waals surface area contributed by atoms with E-state index in [1.54, 1.807) is 18.0 Å². The van der Waals surface area contributed by atoms with Crippen molar-refractivity contribution >= 4 is 40.7 Å². The molecule has 0 aliphatic rings. The minimum absolute atomic E-state index is 0.108. The lowest BCUT2D eigenvalue weighted by Gasteiger charge is -2.17. The Kier molecular flexibility index (Phi) is 6.83. The maximum atomic E-state index is 11.8. The molecule has 1 aromatic rings. The molecule has 0 bridgehead atoms. The van der Waals surface area contributed by atoms with Gasteiger partial charge >= 0.3 is 0 Å². The highest BCUT2D eigenvalue weighted by Gasteiger charge is 2.09. The molecule has 0 spiro atoms. The summed E-state index contributed by atoms with van der Waals surface area (Å²) in [5.74, 6) is 0.706. The van der Waals surface area contributed by atoms with E-state index in [2.05, 4.69) is 0 Å². The van der Waals surface area contributed by atoms with Gasteiger partial charge < -0.3 is 4.90 Å². The van der Waals surface area contributed by atoms with Gasteiger partial charge in [-0.05, 0) is 36.6 Å². The predicted octanol–water partition coefficient (Wildman–Crippen LogP) is 4.36. The topological polar surface area (TPSA) is 20.3 Å². The molecule has 0 saturated carbocycles. The number of rotatable bonds is 6. The Morgan fingerprint density at radius 2 is 1.78 bits per heavy atom. The number of alkyl halides is 1. The molecule has 1 aromatic carbocycles. The molecule has 2 nitrogen and oxygen atoms in total. The van der Waals surface area contributed by atoms with Gasteiger partial charge in [0.25, 0.3) is 0 Å². The van der Waals surface area contributed by atoms with Gasteiger partial charge in [0.15, 0.2) is 0 Å². The van der Waals surface area contributed by atoms with Crippen LogP contribution in [0.1, 0.15) is 24.8 Å². The second-order valence-electron chi connectivity index (χ2n) is 4.17. The number of hydrogen-bond donors (Lipinski definition) is 0. The molecular formula is C13H16Cl3NO. The normalized spacial score (nSPS) is 10.4. The number of nitrogens with zero attached hydrogens (tertiary/aromatic N) is 1. The third-order valence-electron chi connectivity index (χ3n) is 2.54. The molecule has 0 radical (unpaired) electrons. The van der Waals surface area contributed by atoms with Crippen LogP contribution in [-0.2, 0) is 11.3 Å². The highest BCUT2D eigenvalue weighted by molar-refractivity contribution is 6.34. The van der Waals surface area contributed by atoms with Crippen molar-refractivity contribution in [3.8, 4) is 0 Å². The molecule has 0 aliphatic carbocycles. The van der Waals surface area contributed by atoms with Crippen molar-refractivity contribution < 1.29 is 4.79 Å². The molecule has 100 valence electrons. The minimum Gasteiger partial charge on any atom is -0.341 e. The van der Waals surface area contributed by atoms with Crippen LogP contribution in [0.25, 0.3) is 0 Å². The number of amides is 1. The second-order valence-corrected chi connectivity index (χ2v) is 5.42. The van der Waals surface area contributed by atoms with Crippen molar-refractivity contribution in [3.63, 3.8) is 0 Å². The van der Waals surface area contributed by atoms with Gasteiger partial charge in [-0.25, -0.2) is 0 Å². The number of hydrogen-bond acceptors (Lipinski definition) is 1. The van der Waals surface area contributed by atoms with Gasteiger partial charge in [-0.1, -0.05) is 23.2 Å². The van der Waals surface area contributed by atoms with E-state index in [0.717, 1.165) is 18.4 Å². The maximum Gasteiger partial charge on any atom is 0.222 e. The first-order chi connectivity index (χ1) is 8.52. The number of carbonyl (C=O) groups excluding carboxylic acids is 1. The van der Waals surface area contributed by atoms with Crippen LogP contribution in [0.4, 0.5) is 0 Å². The summed E-state index contributed by atoms with van der Waals surface area (Å²) in [7, 11) is 1.78. The fourth-order valence-electron chi connectivity index (χ4n) is 1.63. The lowest BCUT2D eigenvalue weighted by molar-refractivity contribution is -0.130. The molecule has 0 heterocycles. The monoisotopic (exact) mass is 307 g/mol. The van der Waals surface area contributed by atoms with Crippen LogP contribution in [-0.4, -0.2) is 23.7 Å². The lowest BCUT2D eigenvalue weighted by Crippen LogP contribution is -2.25. The van der Waals surface area contributed by atoms with Crippen LogP contribution in [0.3, 0.4) is 0 Å². The summed E-state index contributed by atoms with van der Waals surface area (Å²) in [6.45, 7) is 0.514. The summed E-state index contributed by atoms with van der Waals surface area (Å²) in [4.78, 5) is 13.5. The highest BCUT2D eigenvalue weighted by atomic mass is 35.5. The maximum absolute atomic E-state index is 11.8. The number of benzene rings is 1. The summed E-state index contributed by atoms with van der Waals surface area (Å²) >= 11 is 17.4. The first kappa shape index (κ1) is 15.6. The lowest BCUT2D eigenvalue weighted by atomic mass is 10.2. The van der Waals surface area contributed by atoms with Crippen LogP contribution in [0, 0.1) is 0 Å². The van der Waals surface area contributed by atoms with Crippen molar-refractivity contribution in [2.75, 3.05) is 12.9 Å². The van der Waals surface area contributed by atoms with E-state index in [4.69, 9.17) is 34.8 Å². The van der Waals surface area contributed by atoms with Crippen LogP contribution >= 0.6 is 34.8 Å². The molecule has 5 heteroatoms. The van der Waals surface area contributed by atoms with Crippen LogP contribution in [0.2, 0.25) is 10.0 Å². The van der Waals surface area contributed by atoms with Crippen molar-refractivity contribution in [1.82, 2.24) is 4.90 Å². The molecule has 18 heavy (non-hydrogen) atoms. The first-order valence-corrected chi connectivity index (χ1v) is 7.07. The molecule has 0 atom stereocenters. The molecule has 0 saturated heterocycles. The Labute approximate surface area is 123 Å². The van der Waals surface area contributed by atoms with Crippen LogP contribution in [0.5, 0.6) is 0 Å². The minimum atomic E-state index is 0.108. The standard InChI is InChI=1S/C13H16Cl3NO/c1-17(13(18)4-2-3-5-14)9-10-6-11(15)8-12(16)7-10/h6-8H,2-5,9H2,1H3. The second kappa shape index (κ2) is 7.88. The van der Waals surface area contributed by atoms with E-state index in [1.807, 2.05) is 12.1 Å². The molecule has 0 fully saturated rings. The van der Waals surface area contributed by atoms with Crippen molar-refractivity contribution in [2.24, 2.45) is 0 Å². The molecule has 0 aromatic heterocycles. The van der Waals surface area contributed by atoms with E-state index in [9.17, 15) is 4.79 Å². The third-order valence-corrected chi connectivity index (χ3v) is 3.25. The summed E-state index contributed by atoms with van der Waals surface area (Å²) < 4.78 is 0. The van der Waals surface area contributed by atoms with Crippen molar-refractivity contribution in [2.45, 2.75) is 25.8 Å². The number of carbonyl (C=O) groups is 1. The number of unbranched alkanes of at least 4 members (excludes halogenated alkanes) is 1. The van der Waals surface area contributed by atoms with Crippen LogP contribution < -0.4 is 0 Å². The summed E-state index contributed by atoms with van der Waals surface area (Å²) in [5.41, 5.74) is 0.931. The Hall–Kier alpha value is -0.440. The van der Waals surface area contributed by atoms with E-state index in [-0.39, 0.29) is 5.91 Å². The van der Waals surface area contributed by atoms with E-state index in [0.29, 0.717) is 28.9 Å². The SMILES string of the molecule is CN(Cc1cc(Cl)cc(Cl)c1)C(=O)CCCCCl. The zero-order valence-electron chi connectivity index (χ0n) is 10.3. The van der Waals surface area contributed by atoms with Gasteiger partial charge in [0.1, 0.15) is 0 Å². The Morgan fingerprint density at radius 3 is 2.33 bits per heavy atom. The molecular weight excluding hydrogens is 293 g/mol. The molecule has 1 amide bonds. The van der Waals surface area contributed by atoms with Gasteiger partial charge in [-0.3, -0.25) is 4.79 Å². The summed E-state index contributed by atoms with van der Waals surface area (Å²) in [6.07, 6.45) is 2.21. The fourth-order valence-corrected chi connectivity index (χ4v) is 2.39. The predicted molar refractivity (Wildman–Crippen MR) is 77.5 cm³/mol. The zero-order chi connectivity index (χ0) is 13.5. The molecule has 0 N–H and O–H groups in total. The van der Waals surface area contributed by atoms with Crippen LogP contribution in [0.15, 0.2) is 18.2 Å². The van der Waals surface area contributed by atoms with Gasteiger partial charge in [0.2, 0.25) is 5.91 Å². The Bertz CT molecular complexity index is 389. The fraction of sp³-hybridized carbons (Fsp3) is 0.462. The average Bonchev–Trinajstić information content (AvgIpc) is 2.27. The molecule has 0 aliphatic heterocycles. The average molecular weight is 309 g/mol. The third kappa shape index (κ3) is 5.47. The van der Waals surface area contributed by atoms with Crippen molar-refractivity contribution in [3.05, 3.63) is 33.8 Å². The summed E-state index contributed by atoms with van der Waals surface area (Å²) in [5, 5.41) is 1.17. The van der Waals surface area contributed by atoms with E-state index in [1.165, 1.54) is 0 Å². The summed E-state index contributed by atoms with van der Waals surface area (Å²) in [6, 6.07) is 5.31. The first-order valence-electron chi connectivity index (χ1n) is 5.78. The largest absolute Gasteiger partial charge is 0.341 e. The van der Waals surface area contributed by atoms with Crippen molar-refractivity contribution in [1.29, 1.82) is 0 Å². The number of halogens is 3. The quantitative estimate of drug-likeness (QED) is 0.565. The zero-order valence-corrected chi connectivity index (χ0v) is 12.5. The Morgan fingerprint density at radius 1 is 1.17 bits per heavy atom. The van der Waals surface area contributed by atoms with E-state index >= 15 is 0 Å². The highest BCUT2D eigenvalue weighted by Crippen LogP contribution is 2.20. The van der Waals surface area contributed by atoms with Gasteiger partial charge in [-0.15, -0.1) is 11.6 Å². The Balaban J connectivity index is 2.52. The van der Waals surface area contributed by atoms with Gasteiger partial charge in [0.05, 0.1) is 0 Å². The van der Waals surface area contributed by atoms with Gasteiger partial charge in [0, 0.05) is 35.9 Å². The van der Waals surface area contributed by atoms with Gasteiger partial charge in [-0.2, -0.15) is 0 Å². The molecule has 1 rings (SSSR count). The van der Waals surface area contributed by atoms with E-state index < -0.39 is 0 Å².